The number of hydrogen-bond donors (Lipinski definition) is 2. The molecule has 0 aliphatic heterocycles. The third kappa shape index (κ3) is 7.99. The third-order valence-electron chi connectivity index (χ3n) is 9.13. The van der Waals surface area contributed by atoms with Gasteiger partial charge in [-0.25, -0.2) is 9.67 Å². The largest absolute Gasteiger partial charge is 0.435 e. The van der Waals surface area contributed by atoms with Crippen LogP contribution in [-0.2, 0) is 35.8 Å². The zero-order valence-electron chi connectivity index (χ0n) is 28.1. The molecule has 0 saturated heterocycles. The highest BCUT2D eigenvalue weighted by Gasteiger charge is 2.60. The number of nitrogens with one attached hydrogen (secondary N) is 2. The fourth-order valence-corrected chi connectivity index (χ4v) is 7.22. The minimum Gasteiger partial charge on any atom is -0.348 e. The van der Waals surface area contributed by atoms with E-state index in [1.165, 1.54) is 6.20 Å². The van der Waals surface area contributed by atoms with E-state index in [9.17, 15) is 31.5 Å². The average Bonchev–Trinajstić information content (AvgIpc) is 3.33. The maximum Gasteiger partial charge on any atom is 0.435 e. The minimum absolute atomic E-state index is 0.0495. The molecule has 2 N–H and O–H groups in total. The van der Waals surface area contributed by atoms with Gasteiger partial charge in [0.2, 0.25) is 11.8 Å². The molecule has 0 unspecified atom stereocenters. The topological polar surface area (TPSA) is 125 Å². The van der Waals surface area contributed by atoms with E-state index >= 15 is 0 Å². The predicted molar refractivity (Wildman–Crippen MR) is 185 cm³/mol. The summed E-state index contributed by atoms with van der Waals surface area (Å²) in [6.07, 6.45) is 1.81. The number of fused-ring (bicyclic) bond motifs is 1. The number of nitrogens with zero attached hydrogens (tertiary/aromatic N) is 7. The summed E-state index contributed by atoms with van der Waals surface area (Å²) >= 11 is 9.29. The van der Waals surface area contributed by atoms with E-state index < -0.39 is 47.2 Å². The van der Waals surface area contributed by atoms with E-state index in [-0.39, 0.29) is 34.9 Å². The van der Waals surface area contributed by atoms with Crippen molar-refractivity contribution in [2.45, 2.75) is 69.9 Å². The highest BCUT2D eigenvalue weighted by atomic mass is 79.9. The quantitative estimate of drug-likeness (QED) is 0.102. The van der Waals surface area contributed by atoms with Crippen molar-refractivity contribution in [3.05, 3.63) is 82.6 Å². The molecule has 1 saturated carbocycles. The van der Waals surface area contributed by atoms with Crippen molar-refractivity contribution in [1.29, 1.82) is 0 Å². The smallest absolute Gasteiger partial charge is 0.348 e. The molecule has 4 aromatic heterocycles. The van der Waals surface area contributed by atoms with E-state index in [4.69, 9.17) is 11.6 Å². The highest BCUT2D eigenvalue weighted by Crippen LogP contribution is 2.62. The molecule has 18 heteroatoms. The van der Waals surface area contributed by atoms with Crippen molar-refractivity contribution in [1.82, 2.24) is 45.0 Å². The first-order valence-electron chi connectivity index (χ1n) is 16.2. The Morgan fingerprint density at radius 2 is 1.81 bits per heavy atom. The van der Waals surface area contributed by atoms with Crippen LogP contribution in [0, 0.1) is 5.41 Å². The Hall–Kier alpha value is -4.38. The zero-order valence-corrected chi connectivity index (χ0v) is 30.5. The summed E-state index contributed by atoms with van der Waals surface area (Å²) in [4.78, 5) is 32.4. The third-order valence-corrected chi connectivity index (χ3v) is 9.96. The fraction of sp³-hybridized carbons (Fsp3) is 0.412. The SMILES string of the molecule is Cn1cc2cc(-c3ccc([C@H]4C[C@]4(CCCl)C(=O)N[C@H](Cc4cnn(C(F)F)c4)C(=O)NC(C)(C)Cn4nc(C(F)(F)F)cc4Br)cc3)cnc2n1. The van der Waals surface area contributed by atoms with Crippen molar-refractivity contribution < 1.29 is 31.5 Å². The first-order chi connectivity index (χ1) is 24.5. The van der Waals surface area contributed by atoms with Gasteiger partial charge in [0.15, 0.2) is 11.3 Å². The van der Waals surface area contributed by atoms with Gasteiger partial charge in [-0.1, -0.05) is 24.3 Å². The van der Waals surface area contributed by atoms with E-state index in [1.807, 2.05) is 43.6 Å². The normalized spacial score (nSPS) is 18.2. The van der Waals surface area contributed by atoms with Gasteiger partial charge in [0.05, 0.1) is 23.7 Å². The summed E-state index contributed by atoms with van der Waals surface area (Å²) in [5.41, 5.74) is 0.425. The zero-order chi connectivity index (χ0) is 37.6. The van der Waals surface area contributed by atoms with E-state index in [0.29, 0.717) is 23.2 Å². The lowest BCUT2D eigenvalue weighted by Gasteiger charge is -2.30. The molecule has 3 atom stereocenters. The molecule has 1 aliphatic carbocycles. The summed E-state index contributed by atoms with van der Waals surface area (Å²) in [5.74, 6) is -1.15. The molecule has 0 spiro atoms. The van der Waals surface area contributed by atoms with Gasteiger partial charge in [-0.2, -0.15) is 37.2 Å². The van der Waals surface area contributed by atoms with Gasteiger partial charge in [-0.15, -0.1) is 11.6 Å². The molecule has 1 fully saturated rings. The molecule has 52 heavy (non-hydrogen) atoms. The Morgan fingerprint density at radius 3 is 2.44 bits per heavy atom. The number of benzene rings is 1. The van der Waals surface area contributed by atoms with Crippen LogP contribution >= 0.6 is 27.5 Å². The molecule has 1 aromatic carbocycles. The van der Waals surface area contributed by atoms with Gasteiger partial charge < -0.3 is 10.6 Å². The average molecular weight is 811 g/mol. The predicted octanol–water partition coefficient (Wildman–Crippen LogP) is 6.63. The lowest BCUT2D eigenvalue weighted by atomic mass is 9.93. The molecular formula is C34H34BrClF5N9O2. The van der Waals surface area contributed by atoms with Crippen LogP contribution in [0.5, 0.6) is 0 Å². The second kappa shape index (κ2) is 14.2. The van der Waals surface area contributed by atoms with Crippen molar-refractivity contribution in [2.24, 2.45) is 12.5 Å². The number of carbonyl (C=O) groups excluding carboxylic acids is 2. The number of aromatic nitrogens is 7. The number of halogens is 7. The molecule has 5 aromatic rings. The Labute approximate surface area is 308 Å². The second-order valence-corrected chi connectivity index (χ2v) is 14.8. The fourth-order valence-electron chi connectivity index (χ4n) is 6.46. The number of hydrogen-bond acceptors (Lipinski definition) is 6. The molecule has 1 aliphatic rings. The van der Waals surface area contributed by atoms with Crippen LogP contribution in [-0.4, -0.2) is 63.6 Å². The van der Waals surface area contributed by atoms with Crippen LogP contribution < -0.4 is 10.6 Å². The number of aryl methyl sites for hydroxylation is 1. The van der Waals surface area contributed by atoms with Gasteiger partial charge >= 0.3 is 12.7 Å². The minimum atomic E-state index is -4.67. The first-order valence-corrected chi connectivity index (χ1v) is 17.5. The molecular weight excluding hydrogens is 777 g/mol. The summed E-state index contributed by atoms with van der Waals surface area (Å²) in [6.45, 7) is 0.0875. The summed E-state index contributed by atoms with van der Waals surface area (Å²) < 4.78 is 69.7. The molecule has 2 amide bonds. The van der Waals surface area contributed by atoms with Crippen LogP contribution in [0.25, 0.3) is 22.2 Å². The molecule has 0 bridgehead atoms. The van der Waals surface area contributed by atoms with E-state index in [2.05, 4.69) is 46.8 Å². The van der Waals surface area contributed by atoms with Crippen molar-refractivity contribution in [3.63, 3.8) is 0 Å². The van der Waals surface area contributed by atoms with Crippen molar-refractivity contribution in [2.75, 3.05) is 5.88 Å². The summed E-state index contributed by atoms with van der Waals surface area (Å²) in [5, 5.41) is 18.1. The maximum absolute atomic E-state index is 14.1. The number of amides is 2. The number of carbonyl (C=O) groups is 2. The number of rotatable bonds is 13. The second-order valence-electron chi connectivity index (χ2n) is 13.6. The monoisotopic (exact) mass is 809 g/mol. The molecule has 11 nitrogen and oxygen atoms in total. The van der Waals surface area contributed by atoms with Gasteiger partial charge in [-0.3, -0.25) is 19.0 Å². The molecule has 276 valence electrons. The number of alkyl halides is 6. The van der Waals surface area contributed by atoms with Crippen molar-refractivity contribution in [3.8, 4) is 11.1 Å². The first kappa shape index (κ1) is 37.4. The van der Waals surface area contributed by atoms with Gasteiger partial charge in [0, 0.05) is 55.0 Å². The van der Waals surface area contributed by atoms with E-state index in [0.717, 1.165) is 39.0 Å². The van der Waals surface area contributed by atoms with Crippen LogP contribution in [0.4, 0.5) is 22.0 Å². The van der Waals surface area contributed by atoms with Crippen LogP contribution in [0.1, 0.15) is 56.0 Å². The lowest BCUT2D eigenvalue weighted by Crippen LogP contribution is -2.56. The standard InChI is InChI=1S/C34H34BrClF5N9O2/c1-32(2,18-50-27(35)12-26(46-50)34(39,40)41)45-29(51)25(10-19-14-43-49(16-19)31(37)38)44-30(52)33(8-9-36)13-24(33)21-6-4-20(5-7-21)22-11-23-17-48(3)47-28(23)42-15-22/h4-7,11-12,14-17,24-25,31H,8-10,13,18H2,1-3H3,(H,44,52)(H,45,51)/t24-,25-,33+/m1/s1. The van der Waals surface area contributed by atoms with Gasteiger partial charge in [0.25, 0.3) is 0 Å². The van der Waals surface area contributed by atoms with Crippen LogP contribution in [0.15, 0.2) is 65.8 Å². The van der Waals surface area contributed by atoms with Crippen LogP contribution in [0.2, 0.25) is 0 Å². The number of pyridine rings is 1. The van der Waals surface area contributed by atoms with Crippen molar-refractivity contribution >= 4 is 50.4 Å². The highest BCUT2D eigenvalue weighted by molar-refractivity contribution is 9.10. The summed E-state index contributed by atoms with van der Waals surface area (Å²) in [7, 11) is 1.83. The van der Waals surface area contributed by atoms with E-state index in [1.54, 1.807) is 24.7 Å². The molecule has 0 radical (unpaired) electrons. The Kier molecular flexibility index (Phi) is 10.2. The molecule has 4 heterocycles. The summed E-state index contributed by atoms with van der Waals surface area (Å²) in [6, 6.07) is 9.36. The Morgan fingerprint density at radius 1 is 1.08 bits per heavy atom. The van der Waals surface area contributed by atoms with Gasteiger partial charge in [-0.05, 0) is 71.3 Å². The maximum atomic E-state index is 14.1. The lowest BCUT2D eigenvalue weighted by molar-refractivity contribution is -0.141. The molecule has 6 rings (SSSR count). The Bertz CT molecular complexity index is 2100. The van der Waals surface area contributed by atoms with Crippen LogP contribution in [0.3, 0.4) is 0 Å². The van der Waals surface area contributed by atoms with Gasteiger partial charge in [0.1, 0.15) is 10.6 Å². The Balaban J connectivity index is 1.20.